The summed E-state index contributed by atoms with van der Waals surface area (Å²) < 4.78 is 0. The summed E-state index contributed by atoms with van der Waals surface area (Å²) in [7, 11) is 0. The maximum absolute atomic E-state index is 14.3. The van der Waals surface area contributed by atoms with Gasteiger partial charge in [-0.25, -0.2) is 9.78 Å². The fourth-order valence-electron chi connectivity index (χ4n) is 6.91. The molecule has 3 heterocycles. The predicted molar refractivity (Wildman–Crippen MR) is 202 cm³/mol. The first-order valence-electron chi connectivity index (χ1n) is 19.2. The summed E-state index contributed by atoms with van der Waals surface area (Å²) in [5.74, 6) is -7.90. The van der Waals surface area contributed by atoms with E-state index >= 15 is 0 Å². The molecular weight excluding hydrogens is 746 g/mol. The van der Waals surface area contributed by atoms with Crippen molar-refractivity contribution in [2.45, 2.75) is 128 Å². The van der Waals surface area contributed by atoms with E-state index in [0.717, 1.165) is 0 Å². The third-order valence-electron chi connectivity index (χ3n) is 10.2. The van der Waals surface area contributed by atoms with Crippen LogP contribution in [0.3, 0.4) is 0 Å². The number of aliphatic carboxylic acids is 1. The Morgan fingerprint density at radius 2 is 1.37 bits per heavy atom. The molecule has 3 rings (SSSR count). The second-order valence-corrected chi connectivity index (χ2v) is 15.1. The Morgan fingerprint density at radius 3 is 1.93 bits per heavy atom. The topological polar surface area (TPSA) is 335 Å². The number of carboxylic acids is 1. The Labute approximate surface area is 330 Å². The molecule has 57 heavy (non-hydrogen) atoms. The number of nitrogens with zero attached hydrogens (tertiary/aromatic N) is 3. The first-order valence-corrected chi connectivity index (χ1v) is 19.2. The largest absolute Gasteiger partial charge is 0.480 e. The Kier molecular flexibility index (Phi) is 16.9. The molecule has 12 N–H and O–H groups in total. The van der Waals surface area contributed by atoms with Gasteiger partial charge in [-0.2, -0.15) is 0 Å². The number of likely N-dealkylation sites (tertiary alicyclic amines) is 2. The average Bonchev–Trinajstić information content (AvgIpc) is 3.95. The van der Waals surface area contributed by atoms with E-state index in [4.69, 9.17) is 17.2 Å². The van der Waals surface area contributed by atoms with Crippen molar-refractivity contribution in [2.24, 2.45) is 29.0 Å². The normalized spacial score (nSPS) is 19.8. The number of nitrogens with two attached hydrogens (primary N) is 3. The molecule has 2 fully saturated rings. The predicted octanol–water partition coefficient (Wildman–Crippen LogP) is -2.87. The van der Waals surface area contributed by atoms with Crippen LogP contribution in [0.4, 0.5) is 0 Å². The molecule has 0 aromatic carbocycles. The molecule has 0 aliphatic carbocycles. The van der Waals surface area contributed by atoms with Gasteiger partial charge in [-0.05, 0) is 43.9 Å². The summed E-state index contributed by atoms with van der Waals surface area (Å²) in [6.07, 6.45) is 3.40. The van der Waals surface area contributed by atoms with Gasteiger partial charge in [0, 0.05) is 31.4 Å². The van der Waals surface area contributed by atoms with E-state index in [1.807, 2.05) is 20.8 Å². The first-order chi connectivity index (χ1) is 26.8. The number of aromatic nitrogens is 2. The van der Waals surface area contributed by atoms with E-state index in [2.05, 4.69) is 31.2 Å². The molecule has 0 saturated carbocycles. The number of nitrogens with one attached hydrogen (secondary N) is 5. The van der Waals surface area contributed by atoms with Gasteiger partial charge in [0.15, 0.2) is 0 Å². The molecule has 1 aromatic rings. The SMILES string of the molecule is CC[C@H](C)[C@H](N)C(=O)N[C@@H](CC(C)C)C(=O)N[C@@H](CC(N)=O)C(=O)N[C@@H](Cc1cnc[nH]1)C(=O)N1CCC[C@H]1C(=O)N1CCC[C@H]1C(=O)N[C@@H](CC(N)=O)C(=O)O. The molecule has 21 nitrogen and oxygen atoms in total. The van der Waals surface area contributed by atoms with E-state index in [1.165, 1.54) is 22.3 Å². The number of hydrogen-bond donors (Lipinski definition) is 9. The monoisotopic (exact) mass is 803 g/mol. The number of imidazole rings is 1. The van der Waals surface area contributed by atoms with E-state index in [9.17, 15) is 48.3 Å². The van der Waals surface area contributed by atoms with Crippen LogP contribution >= 0.6 is 0 Å². The van der Waals surface area contributed by atoms with Gasteiger partial charge in [-0.3, -0.25) is 38.4 Å². The molecular formula is C36H57N11O10. The van der Waals surface area contributed by atoms with Gasteiger partial charge in [0.25, 0.3) is 0 Å². The van der Waals surface area contributed by atoms with Crippen molar-refractivity contribution in [1.82, 2.24) is 41.0 Å². The molecule has 2 aliphatic rings. The molecule has 0 radical (unpaired) electrons. The Balaban J connectivity index is 1.83. The van der Waals surface area contributed by atoms with Crippen molar-refractivity contribution in [3.05, 3.63) is 18.2 Å². The molecule has 0 unspecified atom stereocenters. The molecule has 2 saturated heterocycles. The zero-order valence-electron chi connectivity index (χ0n) is 32.8. The van der Waals surface area contributed by atoms with Crippen LogP contribution in [0, 0.1) is 11.8 Å². The summed E-state index contributed by atoms with van der Waals surface area (Å²) >= 11 is 0. The van der Waals surface area contributed by atoms with Crippen molar-refractivity contribution in [3.8, 4) is 0 Å². The first kappa shape index (κ1) is 45.8. The summed E-state index contributed by atoms with van der Waals surface area (Å²) in [5, 5.41) is 19.5. The smallest absolute Gasteiger partial charge is 0.326 e. The van der Waals surface area contributed by atoms with Crippen LogP contribution in [-0.2, 0) is 49.6 Å². The van der Waals surface area contributed by atoms with Gasteiger partial charge in [-0.15, -0.1) is 0 Å². The van der Waals surface area contributed by atoms with E-state index in [0.29, 0.717) is 25.0 Å². The van der Waals surface area contributed by atoms with Crippen LogP contribution in [0.25, 0.3) is 0 Å². The second kappa shape index (κ2) is 21.1. The summed E-state index contributed by atoms with van der Waals surface area (Å²) in [6, 6.07) is -8.64. The van der Waals surface area contributed by atoms with E-state index < -0.39 is 108 Å². The van der Waals surface area contributed by atoms with Crippen molar-refractivity contribution in [3.63, 3.8) is 0 Å². The number of carbonyl (C=O) groups is 9. The van der Waals surface area contributed by atoms with E-state index in [1.54, 1.807) is 6.92 Å². The van der Waals surface area contributed by atoms with Crippen molar-refractivity contribution >= 4 is 53.2 Å². The Hall–Kier alpha value is -5.60. The lowest BCUT2D eigenvalue weighted by atomic mass is 9.97. The quantitative estimate of drug-likeness (QED) is 0.0606. The number of H-pyrrole nitrogens is 1. The highest BCUT2D eigenvalue weighted by Crippen LogP contribution is 2.26. The third kappa shape index (κ3) is 13.0. The van der Waals surface area contributed by atoms with Crippen LogP contribution in [0.1, 0.15) is 84.8 Å². The minimum Gasteiger partial charge on any atom is -0.480 e. The van der Waals surface area contributed by atoms with Crippen LogP contribution in [0.5, 0.6) is 0 Å². The van der Waals surface area contributed by atoms with Crippen molar-refractivity contribution in [2.75, 3.05) is 13.1 Å². The summed E-state index contributed by atoms with van der Waals surface area (Å²) in [5.41, 5.74) is 17.1. The Bertz CT molecular complexity index is 1640. The number of rotatable bonds is 21. The Morgan fingerprint density at radius 1 is 0.807 bits per heavy atom. The third-order valence-corrected chi connectivity index (χ3v) is 10.2. The number of aromatic amines is 1. The minimum atomic E-state index is -1.60. The van der Waals surface area contributed by atoms with Crippen LogP contribution in [0.2, 0.25) is 0 Å². The second-order valence-electron chi connectivity index (χ2n) is 15.1. The number of primary amides is 2. The lowest BCUT2D eigenvalue weighted by molar-refractivity contribution is -0.149. The molecule has 0 bridgehead atoms. The van der Waals surface area contributed by atoms with Crippen LogP contribution in [-0.4, -0.2) is 133 Å². The molecule has 2 aliphatic heterocycles. The van der Waals surface area contributed by atoms with Crippen LogP contribution < -0.4 is 38.5 Å². The highest BCUT2D eigenvalue weighted by Gasteiger charge is 2.44. The van der Waals surface area contributed by atoms with Gasteiger partial charge in [0.2, 0.25) is 47.3 Å². The molecule has 8 atom stereocenters. The van der Waals surface area contributed by atoms with Gasteiger partial charge < -0.3 is 58.4 Å². The standard InChI is InChI=1S/C36H57N11O10/c1-5-19(4)29(39)33(53)43-21(12-18(2)3)30(50)42-22(14-27(37)48)31(51)44-23(13-20-16-40-17-41-20)34(54)47-11-7-9-26(47)35(55)46-10-6-8-25(46)32(52)45-24(36(56)57)15-28(38)49/h16-19,21-26,29H,5-15,39H2,1-4H3,(H2,37,48)(H2,38,49)(H,40,41)(H,42,50)(H,43,53)(H,44,51)(H,45,52)(H,56,57)/t19-,21-,22-,23-,24-,25-,26-,29-/m0/s1. The minimum absolute atomic E-state index is 0.0782. The zero-order valence-corrected chi connectivity index (χ0v) is 32.8. The fourth-order valence-corrected chi connectivity index (χ4v) is 6.91. The number of carboxylic acid groups (broad SMARTS) is 1. The van der Waals surface area contributed by atoms with Crippen molar-refractivity contribution < 1.29 is 48.3 Å². The maximum atomic E-state index is 14.3. The highest BCUT2D eigenvalue weighted by atomic mass is 16.4. The number of carbonyl (C=O) groups excluding carboxylic acids is 8. The molecule has 8 amide bonds. The summed E-state index contributed by atoms with van der Waals surface area (Å²) in [6.45, 7) is 7.59. The lowest BCUT2D eigenvalue weighted by Gasteiger charge is -2.33. The molecule has 316 valence electrons. The van der Waals surface area contributed by atoms with Crippen LogP contribution in [0.15, 0.2) is 12.5 Å². The number of amides is 8. The highest BCUT2D eigenvalue weighted by molar-refractivity contribution is 5.99. The van der Waals surface area contributed by atoms with Gasteiger partial charge in [0.05, 0.1) is 25.2 Å². The van der Waals surface area contributed by atoms with Crippen molar-refractivity contribution in [1.29, 1.82) is 0 Å². The average molecular weight is 804 g/mol. The maximum Gasteiger partial charge on any atom is 0.326 e. The molecule has 1 aromatic heterocycles. The lowest BCUT2D eigenvalue weighted by Crippen LogP contribution is -2.60. The fraction of sp³-hybridized carbons (Fsp3) is 0.667. The van der Waals surface area contributed by atoms with Gasteiger partial charge >= 0.3 is 5.97 Å². The zero-order chi connectivity index (χ0) is 42.6. The van der Waals surface area contributed by atoms with E-state index in [-0.39, 0.29) is 50.6 Å². The van der Waals surface area contributed by atoms with Gasteiger partial charge in [0.1, 0.15) is 36.3 Å². The molecule has 0 spiro atoms. The summed E-state index contributed by atoms with van der Waals surface area (Å²) in [4.78, 5) is 127. The molecule has 21 heteroatoms. The number of hydrogen-bond acceptors (Lipinski definition) is 11. The van der Waals surface area contributed by atoms with Gasteiger partial charge in [-0.1, -0.05) is 34.1 Å².